The van der Waals surface area contributed by atoms with E-state index in [0.717, 1.165) is 11.3 Å². The number of carbonyl (C=O) groups excluding carboxylic acids is 1. The number of sulfonamides is 1. The molecule has 2 aromatic rings. The van der Waals surface area contributed by atoms with Crippen molar-refractivity contribution >= 4 is 21.7 Å². The van der Waals surface area contributed by atoms with Crippen molar-refractivity contribution in [3.8, 4) is 5.75 Å². The molecular formula is C17H20N4O4S. The number of rotatable bonds is 4. The minimum atomic E-state index is -3.79. The average molecular weight is 376 g/mol. The first kappa shape index (κ1) is 17.0. The normalized spacial score (nSPS) is 20.1. The van der Waals surface area contributed by atoms with Crippen molar-refractivity contribution in [2.75, 3.05) is 18.1 Å². The minimum absolute atomic E-state index is 0.159. The molecule has 1 atom stereocenters. The van der Waals surface area contributed by atoms with Crippen LogP contribution in [-0.2, 0) is 28.3 Å². The number of aryl methyl sites for hydroxylation is 1. The summed E-state index contributed by atoms with van der Waals surface area (Å²) in [6.07, 6.45) is 3.49. The first-order valence-corrected chi connectivity index (χ1v) is 10.0. The standard InChI is InChI=1S/C17H20N4O4S/c1-20-16(6-8-18-20)21-9-2-3-14(17(21)22)19-26(23,24)13-4-5-15-12(11-13)7-10-25-15/h4-6,8,11,14,19H,2-3,7,9-10H2,1H3/t14-/m1/s1. The topological polar surface area (TPSA) is 93.5 Å². The number of fused-ring (bicyclic) bond motifs is 1. The maximum absolute atomic E-state index is 12.8. The maximum Gasteiger partial charge on any atom is 0.246 e. The van der Waals surface area contributed by atoms with Gasteiger partial charge in [0.1, 0.15) is 17.6 Å². The summed E-state index contributed by atoms with van der Waals surface area (Å²) in [7, 11) is -2.04. The fraction of sp³-hybridized carbons (Fsp3) is 0.412. The van der Waals surface area contributed by atoms with Crippen LogP contribution in [0.1, 0.15) is 18.4 Å². The van der Waals surface area contributed by atoms with Crippen molar-refractivity contribution in [3.05, 3.63) is 36.0 Å². The summed E-state index contributed by atoms with van der Waals surface area (Å²) in [4.78, 5) is 14.6. The zero-order valence-electron chi connectivity index (χ0n) is 14.4. The van der Waals surface area contributed by atoms with Gasteiger partial charge in [-0.2, -0.15) is 9.82 Å². The van der Waals surface area contributed by atoms with Crippen LogP contribution in [0.15, 0.2) is 35.4 Å². The van der Waals surface area contributed by atoms with Crippen LogP contribution in [0.5, 0.6) is 5.75 Å². The van der Waals surface area contributed by atoms with E-state index in [1.165, 1.54) is 6.07 Å². The summed E-state index contributed by atoms with van der Waals surface area (Å²) in [5.41, 5.74) is 0.874. The van der Waals surface area contributed by atoms with E-state index in [9.17, 15) is 13.2 Å². The van der Waals surface area contributed by atoms with E-state index < -0.39 is 16.1 Å². The van der Waals surface area contributed by atoms with Gasteiger partial charge >= 0.3 is 0 Å². The summed E-state index contributed by atoms with van der Waals surface area (Å²) in [6, 6.07) is 5.76. The predicted octanol–water partition coefficient (Wildman–Crippen LogP) is 0.829. The van der Waals surface area contributed by atoms with Gasteiger partial charge in [-0.25, -0.2) is 8.42 Å². The molecule has 1 saturated heterocycles. The Hall–Kier alpha value is -2.39. The monoisotopic (exact) mass is 376 g/mol. The molecule has 1 amide bonds. The Morgan fingerprint density at radius 3 is 2.92 bits per heavy atom. The van der Waals surface area contributed by atoms with E-state index in [1.807, 2.05) is 0 Å². The van der Waals surface area contributed by atoms with Crippen LogP contribution in [0.25, 0.3) is 0 Å². The molecule has 0 saturated carbocycles. The molecule has 1 aromatic carbocycles. The molecule has 4 rings (SSSR count). The summed E-state index contributed by atoms with van der Waals surface area (Å²) in [5.74, 6) is 1.13. The number of benzene rings is 1. The van der Waals surface area contributed by atoms with Gasteiger partial charge in [-0.15, -0.1) is 0 Å². The molecule has 8 nitrogen and oxygen atoms in total. The van der Waals surface area contributed by atoms with Gasteiger partial charge in [-0.3, -0.25) is 14.4 Å². The summed E-state index contributed by atoms with van der Waals surface area (Å²) >= 11 is 0. The Bertz CT molecular complexity index is 953. The van der Waals surface area contributed by atoms with E-state index in [0.29, 0.717) is 38.2 Å². The van der Waals surface area contributed by atoms with Crippen LogP contribution in [0.2, 0.25) is 0 Å². The largest absolute Gasteiger partial charge is 0.493 e. The third kappa shape index (κ3) is 2.97. The number of hydrogen-bond donors (Lipinski definition) is 1. The second kappa shape index (κ2) is 6.40. The van der Waals surface area contributed by atoms with Crippen LogP contribution in [-0.4, -0.2) is 43.3 Å². The number of nitrogens with one attached hydrogen (secondary N) is 1. The van der Waals surface area contributed by atoms with Gasteiger partial charge in [0.05, 0.1) is 17.7 Å². The molecule has 1 fully saturated rings. The van der Waals surface area contributed by atoms with Crippen LogP contribution in [0, 0.1) is 0 Å². The molecule has 0 radical (unpaired) electrons. The maximum atomic E-state index is 12.8. The highest BCUT2D eigenvalue weighted by atomic mass is 32.2. The van der Waals surface area contributed by atoms with Gasteiger partial charge in [0.2, 0.25) is 15.9 Å². The second-order valence-corrected chi connectivity index (χ2v) is 8.20. The summed E-state index contributed by atoms with van der Waals surface area (Å²) in [6.45, 7) is 1.11. The zero-order chi connectivity index (χ0) is 18.3. The molecule has 0 aliphatic carbocycles. The molecule has 2 aliphatic heterocycles. The number of ether oxygens (including phenoxy) is 1. The van der Waals surface area contributed by atoms with Gasteiger partial charge in [0.15, 0.2) is 0 Å². The van der Waals surface area contributed by atoms with E-state index in [2.05, 4.69) is 9.82 Å². The first-order valence-electron chi connectivity index (χ1n) is 8.53. The first-order chi connectivity index (χ1) is 12.5. The average Bonchev–Trinajstić information content (AvgIpc) is 3.24. The van der Waals surface area contributed by atoms with Crippen molar-refractivity contribution in [2.24, 2.45) is 7.05 Å². The van der Waals surface area contributed by atoms with Gasteiger partial charge in [-0.1, -0.05) is 0 Å². The van der Waals surface area contributed by atoms with Crippen LogP contribution in [0.4, 0.5) is 5.82 Å². The lowest BCUT2D eigenvalue weighted by atomic mass is 10.1. The third-order valence-corrected chi connectivity index (χ3v) is 6.25. The highest BCUT2D eigenvalue weighted by Crippen LogP contribution is 2.28. The number of piperidine rings is 1. The SMILES string of the molecule is Cn1nccc1N1CCC[C@@H](NS(=O)(=O)c2ccc3c(c2)CCO3)C1=O. The number of carbonyl (C=O) groups is 1. The Kier molecular flexibility index (Phi) is 4.20. The second-order valence-electron chi connectivity index (χ2n) is 6.49. The van der Waals surface area contributed by atoms with Crippen molar-refractivity contribution in [3.63, 3.8) is 0 Å². The Labute approximate surface area is 151 Å². The van der Waals surface area contributed by atoms with Crippen molar-refractivity contribution in [2.45, 2.75) is 30.2 Å². The molecule has 3 heterocycles. The molecule has 0 spiro atoms. The number of hydrogen-bond acceptors (Lipinski definition) is 5. The fourth-order valence-electron chi connectivity index (χ4n) is 3.43. The van der Waals surface area contributed by atoms with Gasteiger partial charge in [-0.05, 0) is 36.6 Å². The van der Waals surface area contributed by atoms with E-state index >= 15 is 0 Å². The van der Waals surface area contributed by atoms with Crippen LogP contribution >= 0.6 is 0 Å². The quantitative estimate of drug-likeness (QED) is 0.853. The Balaban J connectivity index is 1.56. The molecule has 0 bridgehead atoms. The predicted molar refractivity (Wildman–Crippen MR) is 94.5 cm³/mol. The van der Waals surface area contributed by atoms with Crippen molar-refractivity contribution in [1.29, 1.82) is 0 Å². The number of aromatic nitrogens is 2. The smallest absolute Gasteiger partial charge is 0.246 e. The lowest BCUT2D eigenvalue weighted by Crippen LogP contribution is -2.52. The molecular weight excluding hydrogens is 356 g/mol. The highest BCUT2D eigenvalue weighted by Gasteiger charge is 2.34. The van der Waals surface area contributed by atoms with E-state index in [1.54, 1.807) is 41.0 Å². The van der Waals surface area contributed by atoms with E-state index in [-0.39, 0.29) is 10.8 Å². The molecule has 1 N–H and O–H groups in total. The summed E-state index contributed by atoms with van der Waals surface area (Å²) in [5, 5.41) is 4.08. The molecule has 2 aliphatic rings. The van der Waals surface area contributed by atoms with Crippen molar-refractivity contribution in [1.82, 2.24) is 14.5 Å². The van der Waals surface area contributed by atoms with E-state index in [4.69, 9.17) is 4.74 Å². The van der Waals surface area contributed by atoms with Crippen molar-refractivity contribution < 1.29 is 17.9 Å². The van der Waals surface area contributed by atoms with Crippen LogP contribution < -0.4 is 14.4 Å². The lowest BCUT2D eigenvalue weighted by molar-refractivity contribution is -0.121. The third-order valence-electron chi connectivity index (χ3n) is 4.78. The van der Waals surface area contributed by atoms with Crippen LogP contribution in [0.3, 0.4) is 0 Å². The molecule has 1 aromatic heterocycles. The lowest BCUT2D eigenvalue weighted by Gasteiger charge is -2.32. The molecule has 138 valence electrons. The summed E-state index contributed by atoms with van der Waals surface area (Å²) < 4.78 is 35.1. The number of amides is 1. The fourth-order valence-corrected chi connectivity index (χ4v) is 4.70. The zero-order valence-corrected chi connectivity index (χ0v) is 15.2. The van der Waals surface area contributed by atoms with Gasteiger partial charge in [0, 0.05) is 26.1 Å². The minimum Gasteiger partial charge on any atom is -0.493 e. The van der Waals surface area contributed by atoms with Gasteiger partial charge in [0.25, 0.3) is 0 Å². The van der Waals surface area contributed by atoms with Gasteiger partial charge < -0.3 is 4.74 Å². The molecule has 26 heavy (non-hydrogen) atoms. The Morgan fingerprint density at radius 1 is 1.31 bits per heavy atom. The number of anilines is 1. The molecule has 0 unspecified atom stereocenters. The molecule has 9 heteroatoms. The number of nitrogens with zero attached hydrogens (tertiary/aromatic N) is 3. The highest BCUT2D eigenvalue weighted by molar-refractivity contribution is 7.89. The Morgan fingerprint density at radius 2 is 2.15 bits per heavy atom.